The molecule has 0 aliphatic rings. The summed E-state index contributed by atoms with van der Waals surface area (Å²) >= 11 is 0. The Morgan fingerprint density at radius 1 is 1.47 bits per heavy atom. The van der Waals surface area contributed by atoms with E-state index in [2.05, 4.69) is 6.58 Å². The van der Waals surface area contributed by atoms with Crippen molar-refractivity contribution in [1.29, 1.82) is 0 Å². The van der Waals surface area contributed by atoms with Gasteiger partial charge in [-0.25, -0.2) is 4.79 Å². The summed E-state index contributed by atoms with van der Waals surface area (Å²) in [6.45, 7) is 9.45. The molecule has 1 atom stereocenters. The fraction of sp³-hybridized carbons (Fsp3) is 0.357. The molecular formula is C14H18O3. The highest BCUT2D eigenvalue weighted by molar-refractivity contribution is 5.89. The van der Waals surface area contributed by atoms with Gasteiger partial charge in [0, 0.05) is 0 Å². The van der Waals surface area contributed by atoms with Crippen LogP contribution in [0.2, 0.25) is 0 Å². The fourth-order valence-electron chi connectivity index (χ4n) is 1.59. The van der Waals surface area contributed by atoms with Gasteiger partial charge >= 0.3 is 5.97 Å². The average molecular weight is 234 g/mol. The van der Waals surface area contributed by atoms with E-state index in [1.54, 1.807) is 13.0 Å². The lowest BCUT2D eigenvalue weighted by Gasteiger charge is -2.16. The maximum Gasteiger partial charge on any atom is 0.336 e. The van der Waals surface area contributed by atoms with Crippen molar-refractivity contribution in [2.45, 2.75) is 26.9 Å². The van der Waals surface area contributed by atoms with E-state index in [-0.39, 0.29) is 12.2 Å². The number of esters is 1. The molecule has 0 aliphatic heterocycles. The molecule has 1 aromatic rings. The molecule has 0 amide bonds. The van der Waals surface area contributed by atoms with Gasteiger partial charge in [0.1, 0.15) is 6.10 Å². The van der Waals surface area contributed by atoms with Crippen LogP contribution in [0.1, 0.15) is 29.7 Å². The molecule has 0 saturated heterocycles. The predicted molar refractivity (Wildman–Crippen MR) is 66.6 cm³/mol. The molecule has 0 heterocycles. The number of aliphatic hydroxyl groups is 1. The SMILES string of the molecule is C=C(C(=O)OCC)C(O)c1cccc(C)c1C. The lowest BCUT2D eigenvalue weighted by molar-refractivity contribution is -0.139. The third-order valence-electron chi connectivity index (χ3n) is 2.81. The Kier molecular flexibility index (Phi) is 4.46. The minimum absolute atomic E-state index is 0.0700. The molecule has 1 unspecified atom stereocenters. The van der Waals surface area contributed by atoms with E-state index in [0.29, 0.717) is 5.56 Å². The predicted octanol–water partition coefficient (Wildman–Crippen LogP) is 2.46. The highest BCUT2D eigenvalue weighted by Crippen LogP contribution is 2.25. The Morgan fingerprint density at radius 3 is 2.71 bits per heavy atom. The van der Waals surface area contributed by atoms with Gasteiger partial charge in [0.05, 0.1) is 12.2 Å². The van der Waals surface area contributed by atoms with Gasteiger partial charge in [-0.15, -0.1) is 0 Å². The van der Waals surface area contributed by atoms with Gasteiger partial charge in [0.2, 0.25) is 0 Å². The first-order valence-electron chi connectivity index (χ1n) is 5.59. The molecule has 0 spiro atoms. The first-order valence-corrected chi connectivity index (χ1v) is 5.59. The molecule has 0 radical (unpaired) electrons. The minimum atomic E-state index is -1.01. The van der Waals surface area contributed by atoms with Crippen LogP contribution in [0.3, 0.4) is 0 Å². The maximum absolute atomic E-state index is 11.5. The molecule has 0 fully saturated rings. The molecule has 0 aliphatic carbocycles. The van der Waals surface area contributed by atoms with E-state index < -0.39 is 12.1 Å². The molecule has 1 aromatic carbocycles. The first-order chi connectivity index (χ1) is 7.99. The number of hydrogen-bond donors (Lipinski definition) is 1. The zero-order chi connectivity index (χ0) is 13.0. The first kappa shape index (κ1) is 13.5. The van der Waals surface area contributed by atoms with Gasteiger partial charge in [-0.2, -0.15) is 0 Å². The summed E-state index contributed by atoms with van der Waals surface area (Å²) in [5.41, 5.74) is 2.80. The van der Waals surface area contributed by atoms with Gasteiger partial charge < -0.3 is 9.84 Å². The summed E-state index contributed by atoms with van der Waals surface area (Å²) in [6, 6.07) is 5.59. The van der Waals surface area contributed by atoms with Crippen molar-refractivity contribution >= 4 is 5.97 Å². The van der Waals surface area contributed by atoms with E-state index in [0.717, 1.165) is 11.1 Å². The molecule has 0 bridgehead atoms. The summed E-state index contributed by atoms with van der Waals surface area (Å²) in [6.07, 6.45) is -1.01. The number of ether oxygens (including phenoxy) is 1. The van der Waals surface area contributed by atoms with Gasteiger partial charge in [-0.3, -0.25) is 0 Å². The van der Waals surface area contributed by atoms with Crippen LogP contribution in [-0.2, 0) is 9.53 Å². The zero-order valence-corrected chi connectivity index (χ0v) is 10.5. The zero-order valence-electron chi connectivity index (χ0n) is 10.5. The Bertz CT molecular complexity index is 435. The van der Waals surface area contributed by atoms with Crippen LogP contribution in [0.4, 0.5) is 0 Å². The van der Waals surface area contributed by atoms with Crippen LogP contribution in [0.15, 0.2) is 30.4 Å². The Morgan fingerprint density at radius 2 is 2.12 bits per heavy atom. The third kappa shape index (κ3) is 2.94. The normalized spacial score (nSPS) is 12.0. The fourth-order valence-corrected chi connectivity index (χ4v) is 1.59. The van der Waals surface area contributed by atoms with Crippen LogP contribution in [0.5, 0.6) is 0 Å². The summed E-state index contributed by atoms with van der Waals surface area (Å²) in [7, 11) is 0. The number of rotatable bonds is 4. The van der Waals surface area contributed by atoms with Crippen molar-refractivity contribution in [2.24, 2.45) is 0 Å². The molecule has 92 valence electrons. The molecule has 0 saturated carbocycles. The second-order valence-corrected chi connectivity index (χ2v) is 3.94. The standard InChI is InChI=1S/C14H18O3/c1-5-17-14(16)11(4)13(15)12-8-6-7-9(2)10(12)3/h6-8,13,15H,4-5H2,1-3H3. The van der Waals surface area contributed by atoms with Gasteiger partial charge in [-0.1, -0.05) is 24.8 Å². The van der Waals surface area contributed by atoms with Crippen molar-refractivity contribution < 1.29 is 14.6 Å². The Balaban J connectivity index is 2.96. The molecule has 1 rings (SSSR count). The van der Waals surface area contributed by atoms with Crippen molar-refractivity contribution in [3.63, 3.8) is 0 Å². The van der Waals surface area contributed by atoms with E-state index in [4.69, 9.17) is 4.74 Å². The smallest absolute Gasteiger partial charge is 0.336 e. The van der Waals surface area contributed by atoms with Gasteiger partial charge in [0.25, 0.3) is 0 Å². The number of aliphatic hydroxyl groups excluding tert-OH is 1. The van der Waals surface area contributed by atoms with Crippen LogP contribution in [0, 0.1) is 13.8 Å². The Hall–Kier alpha value is -1.61. The minimum Gasteiger partial charge on any atom is -0.463 e. The molecule has 0 aromatic heterocycles. The second kappa shape index (κ2) is 5.64. The lowest BCUT2D eigenvalue weighted by atomic mass is 9.95. The second-order valence-electron chi connectivity index (χ2n) is 3.94. The van der Waals surface area contributed by atoms with Crippen LogP contribution in [0.25, 0.3) is 0 Å². The summed E-state index contributed by atoms with van der Waals surface area (Å²) in [5, 5.41) is 10.1. The molecule has 1 N–H and O–H groups in total. The van der Waals surface area contributed by atoms with E-state index in [1.165, 1.54) is 0 Å². The van der Waals surface area contributed by atoms with Crippen LogP contribution in [-0.4, -0.2) is 17.7 Å². The number of carbonyl (C=O) groups is 1. The van der Waals surface area contributed by atoms with Crippen molar-refractivity contribution in [3.05, 3.63) is 47.0 Å². The molecule has 17 heavy (non-hydrogen) atoms. The summed E-state index contributed by atoms with van der Waals surface area (Å²) in [4.78, 5) is 11.5. The summed E-state index contributed by atoms with van der Waals surface area (Å²) in [5.74, 6) is -0.555. The van der Waals surface area contributed by atoms with E-state index >= 15 is 0 Å². The van der Waals surface area contributed by atoms with E-state index in [9.17, 15) is 9.90 Å². The molecular weight excluding hydrogens is 216 g/mol. The summed E-state index contributed by atoms with van der Waals surface area (Å²) < 4.78 is 4.82. The van der Waals surface area contributed by atoms with Crippen molar-refractivity contribution in [1.82, 2.24) is 0 Å². The van der Waals surface area contributed by atoms with Crippen molar-refractivity contribution in [2.75, 3.05) is 6.61 Å². The molecule has 3 nitrogen and oxygen atoms in total. The Labute approximate surface area is 102 Å². The number of carbonyl (C=O) groups excluding carboxylic acids is 1. The maximum atomic E-state index is 11.5. The lowest BCUT2D eigenvalue weighted by Crippen LogP contribution is -2.14. The number of hydrogen-bond acceptors (Lipinski definition) is 3. The molecule has 3 heteroatoms. The topological polar surface area (TPSA) is 46.5 Å². The monoisotopic (exact) mass is 234 g/mol. The van der Waals surface area contributed by atoms with Crippen LogP contribution < -0.4 is 0 Å². The van der Waals surface area contributed by atoms with Crippen molar-refractivity contribution in [3.8, 4) is 0 Å². The number of aryl methyl sites for hydroxylation is 1. The number of benzene rings is 1. The van der Waals surface area contributed by atoms with Gasteiger partial charge in [-0.05, 0) is 37.5 Å². The quantitative estimate of drug-likeness (QED) is 0.643. The third-order valence-corrected chi connectivity index (χ3v) is 2.81. The van der Waals surface area contributed by atoms with E-state index in [1.807, 2.05) is 26.0 Å². The highest BCUT2D eigenvalue weighted by atomic mass is 16.5. The van der Waals surface area contributed by atoms with Gasteiger partial charge in [0.15, 0.2) is 0 Å². The highest BCUT2D eigenvalue weighted by Gasteiger charge is 2.21. The van der Waals surface area contributed by atoms with Crippen LogP contribution >= 0.6 is 0 Å². The average Bonchev–Trinajstić information content (AvgIpc) is 2.31. The largest absolute Gasteiger partial charge is 0.463 e.